The number of carbonyl (C=O) groups is 1. The fourth-order valence-electron chi connectivity index (χ4n) is 4.76. The van der Waals surface area contributed by atoms with Gasteiger partial charge in [-0.05, 0) is 55.3 Å². The number of likely N-dealkylation sites (N-methyl/N-ethyl adjacent to an activating group) is 1. The van der Waals surface area contributed by atoms with Gasteiger partial charge in [-0.15, -0.1) is 0 Å². The van der Waals surface area contributed by atoms with Crippen molar-refractivity contribution >= 4 is 5.91 Å². The Bertz CT molecular complexity index is 674. The molecular formula is C21H30F3N3O. The Labute approximate surface area is 164 Å². The molecule has 28 heavy (non-hydrogen) atoms. The maximum Gasteiger partial charge on any atom is 0.416 e. The normalized spacial score (nSPS) is 26.5. The van der Waals surface area contributed by atoms with E-state index in [2.05, 4.69) is 15.5 Å². The maximum absolute atomic E-state index is 12.7. The van der Waals surface area contributed by atoms with Crippen LogP contribution in [0.25, 0.3) is 0 Å². The number of likely N-dealkylation sites (tertiary alicyclic amines) is 1. The Morgan fingerprint density at radius 3 is 2.43 bits per heavy atom. The van der Waals surface area contributed by atoms with E-state index in [0.29, 0.717) is 18.4 Å². The second kappa shape index (κ2) is 8.41. The van der Waals surface area contributed by atoms with Crippen LogP contribution in [0, 0.1) is 17.8 Å². The van der Waals surface area contributed by atoms with Crippen molar-refractivity contribution < 1.29 is 18.0 Å². The number of nitrogens with one attached hydrogen (secondary N) is 2. The predicted molar refractivity (Wildman–Crippen MR) is 103 cm³/mol. The highest BCUT2D eigenvalue weighted by atomic mass is 19.4. The van der Waals surface area contributed by atoms with E-state index in [9.17, 15) is 18.0 Å². The molecule has 0 aromatic heterocycles. The van der Waals surface area contributed by atoms with E-state index in [4.69, 9.17) is 0 Å². The molecule has 156 valence electrons. The van der Waals surface area contributed by atoms with Crippen LogP contribution in [0.15, 0.2) is 24.3 Å². The Kier molecular flexibility index (Phi) is 6.34. The van der Waals surface area contributed by atoms with Gasteiger partial charge in [0.2, 0.25) is 5.91 Å². The van der Waals surface area contributed by atoms with Crippen molar-refractivity contribution in [3.05, 3.63) is 35.4 Å². The molecule has 2 aliphatic rings. The van der Waals surface area contributed by atoms with Crippen LogP contribution < -0.4 is 10.6 Å². The quantitative estimate of drug-likeness (QED) is 0.774. The lowest BCUT2D eigenvalue weighted by Crippen LogP contribution is -2.50. The number of hydrogen-bond donors (Lipinski definition) is 2. The minimum Gasteiger partial charge on any atom is -0.352 e. The summed E-state index contributed by atoms with van der Waals surface area (Å²) in [5, 5.41) is 6.33. The van der Waals surface area contributed by atoms with Crippen molar-refractivity contribution in [3.63, 3.8) is 0 Å². The van der Waals surface area contributed by atoms with Crippen molar-refractivity contribution in [1.82, 2.24) is 15.5 Å². The number of rotatable bonds is 6. The van der Waals surface area contributed by atoms with E-state index in [1.54, 1.807) is 12.1 Å². The molecule has 0 radical (unpaired) electrons. The van der Waals surface area contributed by atoms with Crippen molar-refractivity contribution in [2.45, 2.75) is 51.5 Å². The van der Waals surface area contributed by atoms with Crippen molar-refractivity contribution in [2.75, 3.05) is 20.1 Å². The van der Waals surface area contributed by atoms with E-state index in [0.717, 1.165) is 43.6 Å². The molecule has 7 heteroatoms. The minimum absolute atomic E-state index is 0.0596. The van der Waals surface area contributed by atoms with E-state index in [1.165, 1.54) is 0 Å². The summed E-state index contributed by atoms with van der Waals surface area (Å²) in [6.07, 6.45) is -2.20. The lowest BCUT2D eigenvalue weighted by molar-refractivity contribution is -0.137. The molecule has 1 saturated heterocycles. The van der Waals surface area contributed by atoms with E-state index >= 15 is 0 Å². The summed E-state index contributed by atoms with van der Waals surface area (Å²) in [6.45, 7) is 6.52. The van der Waals surface area contributed by atoms with Crippen LogP contribution in [0.4, 0.5) is 13.2 Å². The Morgan fingerprint density at radius 2 is 1.86 bits per heavy atom. The largest absolute Gasteiger partial charge is 0.416 e. The number of halogens is 3. The van der Waals surface area contributed by atoms with Gasteiger partial charge < -0.3 is 10.6 Å². The number of alkyl halides is 3. The highest BCUT2D eigenvalue weighted by Gasteiger charge is 2.43. The average Bonchev–Trinajstić information content (AvgIpc) is 3.16. The van der Waals surface area contributed by atoms with Crippen LogP contribution in [-0.2, 0) is 17.5 Å². The lowest BCUT2D eigenvalue weighted by atomic mass is 9.97. The topological polar surface area (TPSA) is 44.4 Å². The number of benzene rings is 1. The molecule has 0 bridgehead atoms. The molecular weight excluding hydrogens is 367 g/mol. The fourth-order valence-corrected chi connectivity index (χ4v) is 4.76. The van der Waals surface area contributed by atoms with Gasteiger partial charge in [-0.2, -0.15) is 13.2 Å². The number of amides is 1. The zero-order valence-corrected chi connectivity index (χ0v) is 16.7. The summed E-state index contributed by atoms with van der Waals surface area (Å²) in [5.41, 5.74) is 0.283. The molecule has 1 aromatic carbocycles. The van der Waals surface area contributed by atoms with Gasteiger partial charge >= 0.3 is 6.18 Å². The first kappa shape index (κ1) is 21.1. The summed E-state index contributed by atoms with van der Waals surface area (Å²) in [7, 11) is 1.81. The molecule has 0 spiro atoms. The molecule has 1 saturated carbocycles. The van der Waals surface area contributed by atoms with Gasteiger partial charge in [-0.3, -0.25) is 9.69 Å². The molecule has 2 fully saturated rings. The number of nitrogens with zero attached hydrogens (tertiary/aromatic N) is 1. The standard InChI is InChI=1S/C21H30F3N3O/c1-13(2)19(25-3)20(28)26-18-9-6-15-11-27(12-17(15)18)10-14-4-7-16(8-5-14)21(22,23)24/h4-5,7-8,13,15,17-19,25H,6,9-12H2,1-3H3,(H,26,28)/t15-,17+,18+,19-/m0/s1. The van der Waals surface area contributed by atoms with Crippen molar-refractivity contribution in [2.24, 2.45) is 17.8 Å². The first-order chi connectivity index (χ1) is 13.2. The van der Waals surface area contributed by atoms with E-state index < -0.39 is 11.7 Å². The maximum atomic E-state index is 12.7. The lowest BCUT2D eigenvalue weighted by Gasteiger charge is -2.26. The number of carbonyl (C=O) groups excluding carboxylic acids is 1. The first-order valence-electron chi connectivity index (χ1n) is 10.0. The minimum atomic E-state index is -4.30. The second-order valence-corrected chi connectivity index (χ2v) is 8.52. The second-order valence-electron chi connectivity index (χ2n) is 8.52. The van der Waals surface area contributed by atoms with Crippen molar-refractivity contribution in [3.8, 4) is 0 Å². The highest BCUT2D eigenvalue weighted by molar-refractivity contribution is 5.82. The monoisotopic (exact) mass is 397 g/mol. The molecule has 4 atom stereocenters. The van der Waals surface area contributed by atoms with Gasteiger partial charge in [0.15, 0.2) is 0 Å². The van der Waals surface area contributed by atoms with E-state index in [1.807, 2.05) is 20.9 Å². The molecule has 1 aliphatic heterocycles. The summed E-state index contributed by atoms with van der Waals surface area (Å²) in [4.78, 5) is 14.9. The number of fused-ring (bicyclic) bond motifs is 1. The molecule has 0 unspecified atom stereocenters. The van der Waals surface area contributed by atoms with Crippen LogP contribution in [-0.4, -0.2) is 43.0 Å². The van der Waals surface area contributed by atoms with Crippen LogP contribution >= 0.6 is 0 Å². The van der Waals surface area contributed by atoms with E-state index in [-0.39, 0.29) is 23.9 Å². The smallest absolute Gasteiger partial charge is 0.352 e. The van der Waals surface area contributed by atoms with Gasteiger partial charge in [-0.1, -0.05) is 26.0 Å². The van der Waals surface area contributed by atoms with Crippen LogP contribution in [0.1, 0.15) is 37.8 Å². The third-order valence-electron chi connectivity index (χ3n) is 6.21. The summed E-state index contributed by atoms with van der Waals surface area (Å²) in [5.74, 6) is 1.25. The molecule has 1 amide bonds. The van der Waals surface area contributed by atoms with Gasteiger partial charge in [0.25, 0.3) is 0 Å². The first-order valence-corrected chi connectivity index (χ1v) is 10.0. The predicted octanol–water partition coefficient (Wildman–Crippen LogP) is 3.28. The SMILES string of the molecule is CN[C@H](C(=O)N[C@@H]1CC[C@H]2CN(Cc3ccc(C(F)(F)F)cc3)C[C@H]21)C(C)C. The van der Waals surface area contributed by atoms with Gasteiger partial charge in [0.05, 0.1) is 11.6 Å². The zero-order valence-electron chi connectivity index (χ0n) is 16.7. The molecule has 2 N–H and O–H groups in total. The average molecular weight is 397 g/mol. The molecule has 1 heterocycles. The Morgan fingerprint density at radius 1 is 1.18 bits per heavy atom. The van der Waals surface area contributed by atoms with Crippen molar-refractivity contribution in [1.29, 1.82) is 0 Å². The third-order valence-corrected chi connectivity index (χ3v) is 6.21. The summed E-state index contributed by atoms with van der Waals surface area (Å²) in [6, 6.07) is 5.43. The van der Waals surface area contributed by atoms with Gasteiger partial charge in [-0.25, -0.2) is 0 Å². The molecule has 1 aromatic rings. The molecule has 4 nitrogen and oxygen atoms in total. The fraction of sp³-hybridized carbons (Fsp3) is 0.667. The summed E-state index contributed by atoms with van der Waals surface area (Å²) >= 11 is 0. The highest BCUT2D eigenvalue weighted by Crippen LogP contribution is 2.39. The van der Waals surface area contributed by atoms with Gasteiger partial charge in [0, 0.05) is 25.7 Å². The number of hydrogen-bond acceptors (Lipinski definition) is 3. The zero-order chi connectivity index (χ0) is 20.5. The Balaban J connectivity index is 1.56. The third kappa shape index (κ3) is 4.69. The van der Waals surface area contributed by atoms with Crippen LogP contribution in [0.3, 0.4) is 0 Å². The molecule has 3 rings (SSSR count). The summed E-state index contributed by atoms with van der Waals surface area (Å²) < 4.78 is 38.1. The Hall–Kier alpha value is -1.60. The van der Waals surface area contributed by atoms with Crippen LogP contribution in [0.2, 0.25) is 0 Å². The molecule has 1 aliphatic carbocycles. The van der Waals surface area contributed by atoms with Crippen LogP contribution in [0.5, 0.6) is 0 Å². The van der Waals surface area contributed by atoms with Gasteiger partial charge in [0.1, 0.15) is 0 Å².